The molecule has 1 aliphatic rings. The fourth-order valence-electron chi connectivity index (χ4n) is 2.86. The van der Waals surface area contributed by atoms with E-state index < -0.39 is 0 Å². The molecule has 0 bridgehead atoms. The van der Waals surface area contributed by atoms with Crippen molar-refractivity contribution < 1.29 is 0 Å². The summed E-state index contributed by atoms with van der Waals surface area (Å²) >= 11 is 0. The van der Waals surface area contributed by atoms with Crippen LogP contribution in [0.15, 0.2) is 6.07 Å². The van der Waals surface area contributed by atoms with Crippen LogP contribution < -0.4 is 5.32 Å². The van der Waals surface area contributed by atoms with Gasteiger partial charge in [0.1, 0.15) is 6.07 Å². The summed E-state index contributed by atoms with van der Waals surface area (Å²) in [6.07, 6.45) is 2.67. The predicted octanol–water partition coefficient (Wildman–Crippen LogP) is 2.71. The van der Waals surface area contributed by atoms with E-state index in [0.29, 0.717) is 11.5 Å². The summed E-state index contributed by atoms with van der Waals surface area (Å²) in [5, 5.41) is 12.7. The van der Waals surface area contributed by atoms with Crippen LogP contribution >= 0.6 is 0 Å². The smallest absolute Gasteiger partial charge is 0.103 e. The third-order valence-corrected chi connectivity index (χ3v) is 3.85. The predicted molar refractivity (Wildman–Crippen MR) is 81.8 cm³/mol. The van der Waals surface area contributed by atoms with Crippen LogP contribution in [0.25, 0.3) is 0 Å². The number of anilines is 1. The highest BCUT2D eigenvalue weighted by Gasteiger charge is 2.15. The molecule has 20 heavy (non-hydrogen) atoms. The topological polar surface area (TPSA) is 52.0 Å². The highest BCUT2D eigenvalue weighted by molar-refractivity contribution is 5.59. The van der Waals surface area contributed by atoms with Gasteiger partial charge in [0.2, 0.25) is 0 Å². The Labute approximate surface area is 121 Å². The van der Waals surface area contributed by atoms with E-state index >= 15 is 0 Å². The highest BCUT2D eigenvalue weighted by atomic mass is 15.1. The second kappa shape index (κ2) is 6.71. The first-order valence-corrected chi connectivity index (χ1v) is 7.44. The average molecular weight is 272 g/mol. The van der Waals surface area contributed by atoms with Crippen molar-refractivity contribution in [2.24, 2.45) is 5.92 Å². The zero-order chi connectivity index (χ0) is 14.5. The van der Waals surface area contributed by atoms with Crippen molar-refractivity contribution in [2.45, 2.75) is 33.6 Å². The summed E-state index contributed by atoms with van der Waals surface area (Å²) in [5.41, 5.74) is 3.35. The molecule has 1 unspecified atom stereocenters. The number of nitrogens with zero attached hydrogens (tertiary/aromatic N) is 3. The molecule has 4 nitrogen and oxygen atoms in total. The molecule has 1 aromatic rings. The lowest BCUT2D eigenvalue weighted by Crippen LogP contribution is -2.29. The maximum absolute atomic E-state index is 9.25. The van der Waals surface area contributed by atoms with Crippen molar-refractivity contribution in [1.82, 2.24) is 9.88 Å². The van der Waals surface area contributed by atoms with E-state index in [2.05, 4.69) is 28.2 Å². The lowest BCUT2D eigenvalue weighted by atomic mass is 10.1. The summed E-state index contributed by atoms with van der Waals surface area (Å²) < 4.78 is 0. The van der Waals surface area contributed by atoms with E-state index in [0.717, 1.165) is 30.2 Å². The van der Waals surface area contributed by atoms with Gasteiger partial charge in [-0.1, -0.05) is 6.92 Å². The molecular formula is C16H24N4. The van der Waals surface area contributed by atoms with E-state index in [1.54, 1.807) is 0 Å². The Balaban J connectivity index is 1.94. The van der Waals surface area contributed by atoms with Gasteiger partial charge in [-0.15, -0.1) is 0 Å². The maximum atomic E-state index is 9.25. The van der Waals surface area contributed by atoms with Crippen molar-refractivity contribution in [2.75, 3.05) is 31.5 Å². The fourth-order valence-corrected chi connectivity index (χ4v) is 2.86. The first-order valence-electron chi connectivity index (χ1n) is 7.44. The van der Waals surface area contributed by atoms with Crippen molar-refractivity contribution in [3.05, 3.63) is 23.0 Å². The Morgan fingerprint density at radius 1 is 1.40 bits per heavy atom. The molecule has 1 aliphatic heterocycles. The van der Waals surface area contributed by atoms with Crippen molar-refractivity contribution in [3.8, 4) is 6.07 Å². The molecular weight excluding hydrogens is 248 g/mol. The first-order chi connectivity index (χ1) is 9.60. The number of nitriles is 1. The van der Waals surface area contributed by atoms with Gasteiger partial charge in [0.25, 0.3) is 0 Å². The molecule has 1 fully saturated rings. The minimum atomic E-state index is 0.577. The van der Waals surface area contributed by atoms with Gasteiger partial charge in [0, 0.05) is 18.8 Å². The summed E-state index contributed by atoms with van der Waals surface area (Å²) in [7, 11) is 0. The summed E-state index contributed by atoms with van der Waals surface area (Å²) in [5.74, 6) is 0.577. The Morgan fingerprint density at radius 2 is 2.10 bits per heavy atom. The minimum Gasteiger partial charge on any atom is -0.384 e. The Bertz CT molecular complexity index is 498. The van der Waals surface area contributed by atoms with Gasteiger partial charge in [0.05, 0.1) is 16.9 Å². The quantitative estimate of drug-likeness (QED) is 0.895. The normalized spacial score (nSPS) is 16.9. The highest BCUT2D eigenvalue weighted by Crippen LogP contribution is 2.19. The van der Waals surface area contributed by atoms with E-state index in [4.69, 9.17) is 0 Å². The molecule has 0 saturated carbocycles. The molecule has 4 heteroatoms. The summed E-state index contributed by atoms with van der Waals surface area (Å²) in [6, 6.07) is 4.22. The van der Waals surface area contributed by atoms with Gasteiger partial charge >= 0.3 is 0 Å². The van der Waals surface area contributed by atoms with Crippen LogP contribution in [0.4, 0.5) is 5.69 Å². The molecule has 0 aliphatic carbocycles. The van der Waals surface area contributed by atoms with Crippen molar-refractivity contribution in [3.63, 3.8) is 0 Å². The van der Waals surface area contributed by atoms with E-state index in [1.807, 2.05) is 19.9 Å². The van der Waals surface area contributed by atoms with Gasteiger partial charge in [-0.2, -0.15) is 5.26 Å². The van der Waals surface area contributed by atoms with Gasteiger partial charge in [-0.3, -0.25) is 4.98 Å². The fraction of sp³-hybridized carbons (Fsp3) is 0.625. The van der Waals surface area contributed by atoms with Crippen LogP contribution in [-0.2, 0) is 0 Å². The lowest BCUT2D eigenvalue weighted by Gasteiger charge is -2.21. The Hall–Kier alpha value is -1.60. The largest absolute Gasteiger partial charge is 0.384 e. The standard InChI is InChI=1S/C16H24N4/c1-12(11-20-6-4-5-7-20)10-18-16-8-13(2)19-14(3)15(16)9-17/h8,12H,4-7,10-11H2,1-3H3,(H,18,19). The number of hydrogen-bond donors (Lipinski definition) is 1. The van der Waals surface area contributed by atoms with Crippen molar-refractivity contribution >= 4 is 5.69 Å². The van der Waals surface area contributed by atoms with Gasteiger partial charge in [-0.25, -0.2) is 0 Å². The molecule has 0 radical (unpaired) electrons. The minimum absolute atomic E-state index is 0.577. The van der Waals surface area contributed by atoms with Crippen LogP contribution in [-0.4, -0.2) is 36.1 Å². The van der Waals surface area contributed by atoms with Gasteiger partial charge in [-0.05, 0) is 51.8 Å². The SMILES string of the molecule is Cc1cc(NCC(C)CN2CCCC2)c(C#N)c(C)n1. The monoisotopic (exact) mass is 272 g/mol. The number of aryl methyl sites for hydroxylation is 2. The second-order valence-electron chi connectivity index (χ2n) is 5.88. The van der Waals surface area contributed by atoms with Crippen LogP contribution in [0.2, 0.25) is 0 Å². The number of rotatable bonds is 5. The molecule has 0 amide bonds. The lowest BCUT2D eigenvalue weighted by molar-refractivity contribution is 0.294. The second-order valence-corrected chi connectivity index (χ2v) is 5.88. The van der Waals surface area contributed by atoms with Crippen LogP contribution in [0.3, 0.4) is 0 Å². The molecule has 2 rings (SSSR count). The third-order valence-electron chi connectivity index (χ3n) is 3.85. The molecule has 1 N–H and O–H groups in total. The molecule has 2 heterocycles. The summed E-state index contributed by atoms with van der Waals surface area (Å²) in [6.45, 7) is 10.6. The first kappa shape index (κ1) is 14.8. The number of aromatic nitrogens is 1. The van der Waals surface area contributed by atoms with E-state index in [-0.39, 0.29) is 0 Å². The molecule has 0 aromatic carbocycles. The van der Waals surface area contributed by atoms with Crippen LogP contribution in [0.1, 0.15) is 36.7 Å². The maximum Gasteiger partial charge on any atom is 0.103 e. The van der Waals surface area contributed by atoms with Gasteiger partial charge < -0.3 is 10.2 Å². The molecule has 1 saturated heterocycles. The molecule has 108 valence electrons. The Morgan fingerprint density at radius 3 is 2.75 bits per heavy atom. The number of likely N-dealkylation sites (tertiary alicyclic amines) is 1. The number of pyridine rings is 1. The molecule has 1 aromatic heterocycles. The number of nitrogens with one attached hydrogen (secondary N) is 1. The Kier molecular flexibility index (Phi) is 4.97. The summed E-state index contributed by atoms with van der Waals surface area (Å²) in [4.78, 5) is 6.87. The van der Waals surface area contributed by atoms with Crippen molar-refractivity contribution in [1.29, 1.82) is 5.26 Å². The van der Waals surface area contributed by atoms with E-state index in [9.17, 15) is 5.26 Å². The molecule has 1 atom stereocenters. The van der Waals surface area contributed by atoms with E-state index in [1.165, 1.54) is 25.9 Å². The van der Waals surface area contributed by atoms with Crippen LogP contribution in [0, 0.1) is 31.1 Å². The zero-order valence-corrected chi connectivity index (χ0v) is 12.7. The van der Waals surface area contributed by atoms with Gasteiger partial charge in [0.15, 0.2) is 0 Å². The van der Waals surface area contributed by atoms with Crippen LogP contribution in [0.5, 0.6) is 0 Å². The number of hydrogen-bond acceptors (Lipinski definition) is 4. The third kappa shape index (κ3) is 3.71. The zero-order valence-electron chi connectivity index (χ0n) is 12.7. The average Bonchev–Trinajstić information content (AvgIpc) is 2.88. The molecule has 0 spiro atoms.